The molecule has 0 spiro atoms. The Labute approximate surface area is 121 Å². The predicted molar refractivity (Wildman–Crippen MR) is 85.5 cm³/mol. The fourth-order valence-corrected chi connectivity index (χ4v) is 2.27. The smallest absolute Gasteiger partial charge is 0.136 e. The summed E-state index contributed by atoms with van der Waals surface area (Å²) < 4.78 is 0. The van der Waals surface area contributed by atoms with Crippen molar-refractivity contribution in [3.63, 3.8) is 0 Å². The molecule has 0 aliphatic heterocycles. The average molecular weight is 280 g/mol. The van der Waals surface area contributed by atoms with Crippen LogP contribution in [-0.2, 0) is 0 Å². The zero-order valence-electron chi connectivity index (χ0n) is 12.2. The standard InChI is InChI=1S/C14H24N4S/c1-10(2)8-11(9-18(3)4)17-14-12(13(15)19)6-5-7-16-14/h5-7,10-11H,8-9H2,1-4H3,(H2,15,19)(H,16,17). The maximum atomic E-state index is 5.73. The van der Waals surface area contributed by atoms with Crippen LogP contribution in [0.1, 0.15) is 25.8 Å². The lowest BCUT2D eigenvalue weighted by Gasteiger charge is -2.25. The van der Waals surface area contributed by atoms with E-state index in [1.807, 2.05) is 12.1 Å². The second kappa shape index (κ2) is 7.40. The molecule has 1 aromatic rings. The van der Waals surface area contributed by atoms with Gasteiger partial charge in [0, 0.05) is 18.8 Å². The third-order valence-electron chi connectivity index (χ3n) is 2.76. The molecule has 1 rings (SSSR count). The Morgan fingerprint density at radius 3 is 2.68 bits per heavy atom. The van der Waals surface area contributed by atoms with Crippen LogP contribution in [-0.4, -0.2) is 41.6 Å². The van der Waals surface area contributed by atoms with Gasteiger partial charge in [0.2, 0.25) is 0 Å². The van der Waals surface area contributed by atoms with Gasteiger partial charge < -0.3 is 16.0 Å². The maximum Gasteiger partial charge on any atom is 0.136 e. The second-order valence-electron chi connectivity index (χ2n) is 5.50. The highest BCUT2D eigenvalue weighted by Gasteiger charge is 2.15. The molecule has 3 N–H and O–H groups in total. The van der Waals surface area contributed by atoms with Crippen molar-refractivity contribution < 1.29 is 0 Å². The summed E-state index contributed by atoms with van der Waals surface area (Å²) in [6.07, 6.45) is 2.83. The molecule has 1 unspecified atom stereocenters. The quantitative estimate of drug-likeness (QED) is 0.749. The zero-order chi connectivity index (χ0) is 14.4. The third-order valence-corrected chi connectivity index (χ3v) is 2.98. The molecule has 5 heteroatoms. The third kappa shape index (κ3) is 5.53. The molecule has 106 valence electrons. The van der Waals surface area contributed by atoms with Crippen LogP contribution in [0.15, 0.2) is 18.3 Å². The van der Waals surface area contributed by atoms with Crippen LogP contribution < -0.4 is 11.1 Å². The number of aromatic nitrogens is 1. The van der Waals surface area contributed by atoms with Gasteiger partial charge in [0.15, 0.2) is 0 Å². The molecular formula is C14H24N4S. The van der Waals surface area contributed by atoms with Gasteiger partial charge in [-0.15, -0.1) is 0 Å². The summed E-state index contributed by atoms with van der Waals surface area (Å²) in [5, 5.41) is 3.47. The summed E-state index contributed by atoms with van der Waals surface area (Å²) in [5.41, 5.74) is 6.54. The highest BCUT2D eigenvalue weighted by molar-refractivity contribution is 7.80. The lowest BCUT2D eigenvalue weighted by atomic mass is 10.0. The minimum Gasteiger partial charge on any atom is -0.389 e. The van der Waals surface area contributed by atoms with Gasteiger partial charge in [0.25, 0.3) is 0 Å². The van der Waals surface area contributed by atoms with Crippen molar-refractivity contribution in [2.75, 3.05) is 26.0 Å². The molecule has 0 fully saturated rings. The van der Waals surface area contributed by atoms with E-state index in [-0.39, 0.29) is 0 Å². The van der Waals surface area contributed by atoms with E-state index in [4.69, 9.17) is 18.0 Å². The van der Waals surface area contributed by atoms with E-state index in [2.05, 4.69) is 43.1 Å². The number of nitrogens with two attached hydrogens (primary N) is 1. The highest BCUT2D eigenvalue weighted by atomic mass is 32.1. The van der Waals surface area contributed by atoms with Gasteiger partial charge >= 0.3 is 0 Å². The molecular weight excluding hydrogens is 256 g/mol. The molecule has 1 heterocycles. The van der Waals surface area contributed by atoms with Crippen molar-refractivity contribution in [1.82, 2.24) is 9.88 Å². The minimum absolute atomic E-state index is 0.331. The monoisotopic (exact) mass is 280 g/mol. The van der Waals surface area contributed by atoms with Gasteiger partial charge in [-0.3, -0.25) is 0 Å². The topological polar surface area (TPSA) is 54.2 Å². The van der Waals surface area contributed by atoms with Gasteiger partial charge in [0.05, 0.1) is 5.56 Å². The fraction of sp³-hybridized carbons (Fsp3) is 0.571. The van der Waals surface area contributed by atoms with Crippen molar-refractivity contribution in [2.45, 2.75) is 26.3 Å². The van der Waals surface area contributed by atoms with Crippen molar-refractivity contribution in [3.8, 4) is 0 Å². The van der Waals surface area contributed by atoms with Gasteiger partial charge in [0.1, 0.15) is 10.8 Å². The molecule has 0 saturated heterocycles. The van der Waals surface area contributed by atoms with Gasteiger partial charge in [-0.1, -0.05) is 26.1 Å². The van der Waals surface area contributed by atoms with E-state index in [9.17, 15) is 0 Å². The van der Waals surface area contributed by atoms with E-state index in [0.717, 1.165) is 24.3 Å². The highest BCUT2D eigenvalue weighted by Crippen LogP contribution is 2.16. The zero-order valence-corrected chi connectivity index (χ0v) is 13.0. The Bertz CT molecular complexity index is 408. The Kier molecular flexibility index (Phi) is 6.18. The fourth-order valence-electron chi connectivity index (χ4n) is 2.10. The summed E-state index contributed by atoms with van der Waals surface area (Å²) in [5.74, 6) is 1.40. The van der Waals surface area contributed by atoms with E-state index >= 15 is 0 Å². The average Bonchev–Trinajstić information content (AvgIpc) is 2.27. The number of hydrogen-bond donors (Lipinski definition) is 2. The molecule has 0 bridgehead atoms. The van der Waals surface area contributed by atoms with Crippen LogP contribution in [0.2, 0.25) is 0 Å². The molecule has 1 aromatic heterocycles. The Morgan fingerprint density at radius 2 is 2.16 bits per heavy atom. The minimum atomic E-state index is 0.331. The molecule has 0 radical (unpaired) electrons. The number of hydrogen-bond acceptors (Lipinski definition) is 4. The van der Waals surface area contributed by atoms with Gasteiger partial charge in [-0.25, -0.2) is 4.98 Å². The number of thiocarbonyl (C=S) groups is 1. The first-order valence-electron chi connectivity index (χ1n) is 6.56. The SMILES string of the molecule is CC(C)CC(CN(C)C)Nc1ncccc1C(N)=S. The van der Waals surface area contributed by atoms with Crippen molar-refractivity contribution >= 4 is 23.0 Å². The Balaban J connectivity index is 2.86. The summed E-state index contributed by atoms with van der Waals surface area (Å²) in [6, 6.07) is 4.08. The van der Waals surface area contributed by atoms with E-state index in [1.54, 1.807) is 6.20 Å². The van der Waals surface area contributed by atoms with E-state index < -0.39 is 0 Å². The predicted octanol–water partition coefficient (Wildman–Crippen LogP) is 2.10. The maximum absolute atomic E-state index is 5.73. The number of likely N-dealkylation sites (N-methyl/N-ethyl adjacent to an activating group) is 1. The van der Waals surface area contributed by atoms with E-state index in [0.29, 0.717) is 16.9 Å². The first-order valence-corrected chi connectivity index (χ1v) is 6.97. The van der Waals surface area contributed by atoms with E-state index in [1.165, 1.54) is 0 Å². The molecule has 0 saturated carbocycles. The summed E-state index contributed by atoms with van der Waals surface area (Å²) in [7, 11) is 4.14. The molecule has 0 aliphatic carbocycles. The van der Waals surface area contributed by atoms with Crippen LogP contribution in [0.5, 0.6) is 0 Å². The van der Waals surface area contributed by atoms with Crippen LogP contribution >= 0.6 is 12.2 Å². The lowest BCUT2D eigenvalue weighted by Crippen LogP contribution is -2.34. The number of nitrogens with one attached hydrogen (secondary N) is 1. The normalized spacial score (nSPS) is 12.7. The first-order chi connectivity index (χ1) is 8.90. The lowest BCUT2D eigenvalue weighted by molar-refractivity contribution is 0.356. The Morgan fingerprint density at radius 1 is 1.47 bits per heavy atom. The van der Waals surface area contributed by atoms with Crippen LogP contribution in [0, 0.1) is 5.92 Å². The van der Waals surface area contributed by atoms with Gasteiger partial charge in [-0.2, -0.15) is 0 Å². The number of nitrogens with zero attached hydrogens (tertiary/aromatic N) is 2. The number of anilines is 1. The van der Waals surface area contributed by atoms with Crippen LogP contribution in [0.3, 0.4) is 0 Å². The van der Waals surface area contributed by atoms with Crippen molar-refractivity contribution in [2.24, 2.45) is 11.7 Å². The molecule has 0 amide bonds. The van der Waals surface area contributed by atoms with Crippen molar-refractivity contribution in [1.29, 1.82) is 0 Å². The summed E-state index contributed by atoms with van der Waals surface area (Å²) in [4.78, 5) is 6.91. The van der Waals surface area contributed by atoms with Gasteiger partial charge in [-0.05, 0) is 38.6 Å². The molecule has 0 aromatic carbocycles. The second-order valence-corrected chi connectivity index (χ2v) is 5.94. The molecule has 1 atom stereocenters. The number of pyridine rings is 1. The number of rotatable bonds is 7. The first kappa shape index (κ1) is 15.9. The molecule has 19 heavy (non-hydrogen) atoms. The van der Waals surface area contributed by atoms with Crippen molar-refractivity contribution in [3.05, 3.63) is 23.9 Å². The summed E-state index contributed by atoms with van der Waals surface area (Å²) in [6.45, 7) is 5.39. The van der Waals surface area contributed by atoms with Crippen LogP contribution in [0.4, 0.5) is 5.82 Å². The molecule has 4 nitrogen and oxygen atoms in total. The van der Waals surface area contributed by atoms with Crippen LogP contribution in [0.25, 0.3) is 0 Å². The molecule has 0 aliphatic rings. The summed E-state index contributed by atoms with van der Waals surface area (Å²) >= 11 is 5.07. The Hall–Kier alpha value is -1.20. The largest absolute Gasteiger partial charge is 0.389 e.